The maximum Gasteiger partial charge on any atom is 0.397 e. The zero-order valence-electron chi connectivity index (χ0n) is 9.61. The van der Waals surface area contributed by atoms with Crippen molar-refractivity contribution >= 4 is 17.6 Å². The number of amides is 1. The molecular formula is C10H15N3O3. The Labute approximate surface area is 93.6 Å². The summed E-state index contributed by atoms with van der Waals surface area (Å²) in [5, 5.41) is 6.61. The van der Waals surface area contributed by atoms with Crippen molar-refractivity contribution in [3.63, 3.8) is 0 Å². The van der Waals surface area contributed by atoms with Crippen LogP contribution in [0.4, 0.5) is 5.69 Å². The number of aryl methyl sites for hydroxylation is 2. The summed E-state index contributed by atoms with van der Waals surface area (Å²) in [4.78, 5) is 22.4. The summed E-state index contributed by atoms with van der Waals surface area (Å²) in [6, 6.07) is 0. The summed E-state index contributed by atoms with van der Waals surface area (Å²) < 4.78 is 6.16. The van der Waals surface area contributed by atoms with Gasteiger partial charge in [0.1, 0.15) is 0 Å². The highest BCUT2D eigenvalue weighted by atomic mass is 16.5. The maximum absolute atomic E-state index is 11.4. The quantitative estimate of drug-likeness (QED) is 0.600. The molecule has 0 aliphatic rings. The van der Waals surface area contributed by atoms with Gasteiger partial charge in [-0.25, -0.2) is 4.79 Å². The van der Waals surface area contributed by atoms with Crippen LogP contribution < -0.4 is 5.32 Å². The first-order chi connectivity index (χ1) is 7.58. The summed E-state index contributed by atoms with van der Waals surface area (Å²) in [7, 11) is 1.75. The number of hydrogen-bond acceptors (Lipinski definition) is 4. The zero-order valence-corrected chi connectivity index (χ0v) is 9.61. The summed E-state index contributed by atoms with van der Waals surface area (Å²) in [6.07, 6.45) is 2.33. The van der Waals surface area contributed by atoms with Crippen LogP contribution in [0.1, 0.15) is 19.5 Å². The number of hydrogen-bond donors (Lipinski definition) is 1. The molecule has 0 radical (unpaired) electrons. The van der Waals surface area contributed by atoms with E-state index in [2.05, 4.69) is 15.2 Å². The number of nitrogens with zero attached hydrogens (tertiary/aromatic N) is 2. The number of nitrogens with one attached hydrogen (secondary N) is 1. The van der Waals surface area contributed by atoms with Crippen LogP contribution in [0, 0.1) is 0 Å². The second-order valence-electron chi connectivity index (χ2n) is 3.19. The van der Waals surface area contributed by atoms with E-state index >= 15 is 0 Å². The third-order valence-electron chi connectivity index (χ3n) is 1.95. The largest absolute Gasteiger partial charge is 0.459 e. The molecule has 0 aromatic carbocycles. The molecule has 1 amide bonds. The Hall–Kier alpha value is -1.85. The second kappa shape index (κ2) is 5.29. The van der Waals surface area contributed by atoms with Crippen LogP contribution in [0.25, 0.3) is 0 Å². The summed E-state index contributed by atoms with van der Waals surface area (Å²) >= 11 is 0. The van der Waals surface area contributed by atoms with Crippen molar-refractivity contribution in [2.45, 2.75) is 20.3 Å². The minimum atomic E-state index is -0.881. The molecule has 0 saturated carbocycles. The predicted molar refractivity (Wildman–Crippen MR) is 57.8 cm³/mol. The molecule has 1 aromatic heterocycles. The van der Waals surface area contributed by atoms with Crippen LogP contribution in [-0.4, -0.2) is 28.3 Å². The smallest absolute Gasteiger partial charge is 0.397 e. The summed E-state index contributed by atoms with van der Waals surface area (Å²) in [6.45, 7) is 3.75. The second-order valence-corrected chi connectivity index (χ2v) is 3.19. The highest BCUT2D eigenvalue weighted by molar-refractivity contribution is 6.37. The third-order valence-corrected chi connectivity index (χ3v) is 1.95. The Morgan fingerprint density at radius 1 is 1.50 bits per heavy atom. The van der Waals surface area contributed by atoms with Gasteiger partial charge in [-0.05, 0) is 13.3 Å². The van der Waals surface area contributed by atoms with Crippen molar-refractivity contribution in [2.24, 2.45) is 7.05 Å². The molecule has 1 rings (SSSR count). The van der Waals surface area contributed by atoms with Gasteiger partial charge in [0.05, 0.1) is 18.0 Å². The van der Waals surface area contributed by atoms with E-state index < -0.39 is 11.9 Å². The van der Waals surface area contributed by atoms with Gasteiger partial charge in [0.2, 0.25) is 0 Å². The van der Waals surface area contributed by atoms with Crippen LogP contribution >= 0.6 is 0 Å². The Morgan fingerprint density at radius 3 is 2.75 bits per heavy atom. The molecule has 0 spiro atoms. The van der Waals surface area contributed by atoms with Gasteiger partial charge in [-0.2, -0.15) is 5.10 Å². The lowest BCUT2D eigenvalue weighted by Crippen LogP contribution is -2.25. The van der Waals surface area contributed by atoms with Gasteiger partial charge in [0.15, 0.2) is 0 Å². The molecule has 16 heavy (non-hydrogen) atoms. The molecule has 1 N–H and O–H groups in total. The number of carbonyl (C=O) groups excluding carboxylic acids is 2. The van der Waals surface area contributed by atoms with E-state index in [1.807, 2.05) is 6.92 Å². The van der Waals surface area contributed by atoms with E-state index in [-0.39, 0.29) is 6.61 Å². The monoisotopic (exact) mass is 225 g/mol. The standard InChI is InChI=1S/C10H15N3O3/c1-4-7-8(6-13(3)12-7)11-9(14)10(15)16-5-2/h6H,4-5H2,1-3H3,(H,11,14). The molecule has 6 heteroatoms. The highest BCUT2D eigenvalue weighted by Gasteiger charge is 2.17. The van der Waals surface area contributed by atoms with Crippen LogP contribution in [0.5, 0.6) is 0 Å². The van der Waals surface area contributed by atoms with E-state index in [4.69, 9.17) is 0 Å². The molecule has 0 bridgehead atoms. The molecule has 88 valence electrons. The molecular weight excluding hydrogens is 210 g/mol. The minimum Gasteiger partial charge on any atom is -0.459 e. The molecule has 0 aliphatic carbocycles. The number of rotatable bonds is 3. The van der Waals surface area contributed by atoms with E-state index in [1.54, 1.807) is 24.9 Å². The van der Waals surface area contributed by atoms with E-state index in [9.17, 15) is 9.59 Å². The Morgan fingerprint density at radius 2 is 2.19 bits per heavy atom. The normalized spacial score (nSPS) is 9.94. The summed E-state index contributed by atoms with van der Waals surface area (Å²) in [5.74, 6) is -1.65. The van der Waals surface area contributed by atoms with Crippen molar-refractivity contribution in [1.29, 1.82) is 0 Å². The number of esters is 1. The van der Waals surface area contributed by atoms with Crippen LogP contribution in [0.2, 0.25) is 0 Å². The molecule has 0 aliphatic heterocycles. The number of ether oxygens (including phenoxy) is 1. The third kappa shape index (κ3) is 2.82. The molecule has 0 atom stereocenters. The van der Waals surface area contributed by atoms with Gasteiger partial charge in [-0.15, -0.1) is 0 Å². The fourth-order valence-electron chi connectivity index (χ4n) is 1.27. The van der Waals surface area contributed by atoms with Gasteiger partial charge < -0.3 is 10.1 Å². The summed E-state index contributed by atoms with van der Waals surface area (Å²) in [5.41, 5.74) is 1.28. The van der Waals surface area contributed by atoms with Gasteiger partial charge in [-0.1, -0.05) is 6.92 Å². The maximum atomic E-state index is 11.4. The Bertz CT molecular complexity index is 398. The minimum absolute atomic E-state index is 0.180. The topological polar surface area (TPSA) is 73.2 Å². The van der Waals surface area contributed by atoms with Crippen LogP contribution in [-0.2, 0) is 27.8 Å². The van der Waals surface area contributed by atoms with Crippen LogP contribution in [0.3, 0.4) is 0 Å². The van der Waals surface area contributed by atoms with E-state index in [0.717, 1.165) is 5.69 Å². The highest BCUT2D eigenvalue weighted by Crippen LogP contribution is 2.13. The predicted octanol–water partition coefficient (Wildman–Crippen LogP) is 0.484. The Balaban J connectivity index is 2.72. The van der Waals surface area contributed by atoms with Gasteiger partial charge >= 0.3 is 11.9 Å². The van der Waals surface area contributed by atoms with Crippen molar-refractivity contribution < 1.29 is 14.3 Å². The fraction of sp³-hybridized carbons (Fsp3) is 0.500. The Kier molecular flexibility index (Phi) is 4.04. The van der Waals surface area contributed by atoms with Crippen molar-refractivity contribution in [3.05, 3.63) is 11.9 Å². The SMILES string of the molecule is CCOC(=O)C(=O)Nc1cn(C)nc1CC. The molecule has 1 heterocycles. The van der Waals surface area contributed by atoms with Gasteiger partial charge in [0, 0.05) is 13.2 Å². The number of anilines is 1. The van der Waals surface area contributed by atoms with Gasteiger partial charge in [0.25, 0.3) is 0 Å². The zero-order chi connectivity index (χ0) is 12.1. The van der Waals surface area contributed by atoms with E-state index in [0.29, 0.717) is 12.1 Å². The molecule has 6 nitrogen and oxygen atoms in total. The first kappa shape index (κ1) is 12.2. The lowest BCUT2D eigenvalue weighted by atomic mass is 10.3. The molecule has 1 aromatic rings. The lowest BCUT2D eigenvalue weighted by molar-refractivity contribution is -0.152. The number of aromatic nitrogens is 2. The van der Waals surface area contributed by atoms with Crippen LogP contribution in [0.15, 0.2) is 6.20 Å². The first-order valence-corrected chi connectivity index (χ1v) is 5.09. The van der Waals surface area contributed by atoms with Gasteiger partial charge in [-0.3, -0.25) is 9.48 Å². The molecule has 0 saturated heterocycles. The van der Waals surface area contributed by atoms with Crippen molar-refractivity contribution in [3.8, 4) is 0 Å². The number of carbonyl (C=O) groups is 2. The average molecular weight is 225 g/mol. The first-order valence-electron chi connectivity index (χ1n) is 5.09. The lowest BCUT2D eigenvalue weighted by Gasteiger charge is -2.03. The van der Waals surface area contributed by atoms with E-state index in [1.165, 1.54) is 0 Å². The van der Waals surface area contributed by atoms with Crippen molar-refractivity contribution in [1.82, 2.24) is 9.78 Å². The van der Waals surface area contributed by atoms with Crippen molar-refractivity contribution in [2.75, 3.05) is 11.9 Å². The fourth-order valence-corrected chi connectivity index (χ4v) is 1.27. The molecule has 0 fully saturated rings. The average Bonchev–Trinajstić information content (AvgIpc) is 2.59. The molecule has 0 unspecified atom stereocenters.